The van der Waals surface area contributed by atoms with Gasteiger partial charge in [0, 0.05) is 52.6 Å². The van der Waals surface area contributed by atoms with Gasteiger partial charge < -0.3 is 20.0 Å². The normalized spacial score (nSPS) is 23.6. The van der Waals surface area contributed by atoms with E-state index >= 15 is 0 Å². The first-order chi connectivity index (χ1) is 21.4. The zero-order valence-corrected chi connectivity index (χ0v) is 26.3. The lowest BCUT2D eigenvalue weighted by molar-refractivity contribution is -0.137. The van der Waals surface area contributed by atoms with Gasteiger partial charge in [-0.3, -0.25) is 14.7 Å². The Labute approximate surface area is 266 Å². The van der Waals surface area contributed by atoms with Gasteiger partial charge >= 0.3 is 6.03 Å². The molecule has 2 saturated heterocycles. The molecule has 2 unspecified atom stereocenters. The smallest absolute Gasteiger partial charge is 0.322 e. The topological polar surface area (TPSA) is 102 Å². The molecule has 0 radical (unpaired) electrons. The molecule has 4 aliphatic rings. The van der Waals surface area contributed by atoms with E-state index in [1.807, 2.05) is 34.2 Å². The number of carbonyl (C=O) groups excluding carboxylic acids is 3. The molecule has 236 valence electrons. The van der Waals surface area contributed by atoms with Crippen molar-refractivity contribution < 1.29 is 17.2 Å². The number of benzene rings is 2. The molecule has 10 heteroatoms. The molecule has 1 saturated carbocycles. The van der Waals surface area contributed by atoms with E-state index in [0.29, 0.717) is 25.6 Å². The van der Waals surface area contributed by atoms with Crippen LogP contribution in [-0.2, 0) is 16.0 Å². The summed E-state index contributed by atoms with van der Waals surface area (Å²) in [4.78, 5) is 46.6. The molecule has 1 aromatic heterocycles. The number of piperidine rings is 1. The van der Waals surface area contributed by atoms with Gasteiger partial charge in [0.1, 0.15) is 5.37 Å². The van der Waals surface area contributed by atoms with Crippen molar-refractivity contribution in [3.05, 3.63) is 59.3 Å². The molecular formula is C34H46N6O3S. The Morgan fingerprint density at radius 1 is 1.05 bits per heavy atom. The number of rotatable bonds is 6. The van der Waals surface area contributed by atoms with Gasteiger partial charge in [0.2, 0.25) is 11.8 Å². The number of urea groups is 1. The molecule has 3 fully saturated rings. The van der Waals surface area contributed by atoms with Crippen molar-refractivity contribution in [2.24, 2.45) is 5.92 Å². The van der Waals surface area contributed by atoms with Gasteiger partial charge in [0.15, 0.2) is 0 Å². The molecule has 1 aliphatic carbocycles. The molecule has 3 aromatic rings. The van der Waals surface area contributed by atoms with Crippen molar-refractivity contribution >= 4 is 46.2 Å². The number of para-hydroxylation sites is 1. The zero-order valence-electron chi connectivity index (χ0n) is 25.5. The number of thioether (sulfide) groups is 1. The molecule has 3 aliphatic heterocycles. The van der Waals surface area contributed by atoms with Crippen LogP contribution in [0.4, 0.5) is 10.5 Å². The van der Waals surface area contributed by atoms with Crippen molar-refractivity contribution in [1.82, 2.24) is 24.9 Å². The maximum absolute atomic E-state index is 14.0. The maximum atomic E-state index is 14.0. The van der Waals surface area contributed by atoms with Crippen molar-refractivity contribution in [2.75, 3.05) is 31.5 Å². The number of aryl methyl sites for hydroxylation is 1. The molecule has 44 heavy (non-hydrogen) atoms. The number of aromatic nitrogens is 2. The molecule has 2 aromatic carbocycles. The van der Waals surface area contributed by atoms with Crippen LogP contribution in [0.1, 0.15) is 76.3 Å². The number of likely N-dealkylation sites (tertiary alicyclic amines) is 1. The van der Waals surface area contributed by atoms with Gasteiger partial charge in [0.05, 0.1) is 17.0 Å². The molecule has 0 bridgehead atoms. The van der Waals surface area contributed by atoms with Crippen LogP contribution in [0.3, 0.4) is 0 Å². The predicted molar refractivity (Wildman–Crippen MR) is 178 cm³/mol. The van der Waals surface area contributed by atoms with Crippen LogP contribution in [0.2, 0.25) is 0 Å². The average molecular weight is 619 g/mol. The number of fused-ring (bicyclic) bond motifs is 2. The van der Waals surface area contributed by atoms with E-state index < -0.39 is 0 Å². The second-order valence-electron chi connectivity index (χ2n) is 13.0. The van der Waals surface area contributed by atoms with Crippen LogP contribution in [0, 0.1) is 12.8 Å². The highest BCUT2D eigenvalue weighted by Gasteiger charge is 2.44. The third kappa shape index (κ3) is 5.80. The maximum Gasteiger partial charge on any atom is 0.322 e. The molecule has 4 amide bonds. The summed E-state index contributed by atoms with van der Waals surface area (Å²) in [5.41, 5.74) is 5.30. The van der Waals surface area contributed by atoms with Crippen LogP contribution >= 0.6 is 11.8 Å². The number of hydrogen-bond acceptors (Lipinski definition) is 5. The number of H-pyrrole nitrogens is 1. The second kappa shape index (κ2) is 12.5. The van der Waals surface area contributed by atoms with Crippen LogP contribution in [-0.4, -0.2) is 80.2 Å². The minimum absolute atomic E-state index is 0. The van der Waals surface area contributed by atoms with E-state index in [1.165, 1.54) is 32.1 Å². The Hall–Kier alpha value is -3.53. The quantitative estimate of drug-likeness (QED) is 0.335. The summed E-state index contributed by atoms with van der Waals surface area (Å²) in [5.74, 6) is 0.660. The molecule has 0 spiro atoms. The van der Waals surface area contributed by atoms with Crippen molar-refractivity contribution in [3.8, 4) is 0 Å². The van der Waals surface area contributed by atoms with E-state index in [0.717, 1.165) is 59.1 Å². The number of hydrogen-bond donors (Lipinski definition) is 2. The summed E-state index contributed by atoms with van der Waals surface area (Å²) in [7, 11) is 0. The SMILES string of the molecule is Cc1cc(C2SC(CC(=O)N3CCC(N4CCc5ccccc5NC4=O)CC3)C(=O)N2CC2CCCCC2)cc2cn[nH]c12.[HH].[HH]. The van der Waals surface area contributed by atoms with Crippen LogP contribution in [0.15, 0.2) is 42.6 Å². The first kappa shape index (κ1) is 29.2. The Morgan fingerprint density at radius 3 is 2.66 bits per heavy atom. The molecule has 2 N–H and O–H groups in total. The number of anilines is 1. The second-order valence-corrected chi connectivity index (χ2v) is 14.3. The number of aromatic amines is 1. The number of carbonyl (C=O) groups is 3. The summed E-state index contributed by atoms with van der Waals surface area (Å²) in [6.45, 7) is 4.73. The summed E-state index contributed by atoms with van der Waals surface area (Å²) in [6, 6.07) is 12.4. The van der Waals surface area contributed by atoms with Crippen molar-refractivity contribution in [1.29, 1.82) is 0 Å². The fraction of sp³-hybridized carbons (Fsp3) is 0.529. The minimum Gasteiger partial charge on any atom is -0.342 e. The van der Waals surface area contributed by atoms with Gasteiger partial charge in [-0.1, -0.05) is 43.5 Å². The number of nitrogens with zero attached hydrogens (tertiary/aromatic N) is 4. The predicted octanol–water partition coefficient (Wildman–Crippen LogP) is 6.36. The van der Waals surface area contributed by atoms with E-state index in [1.54, 1.807) is 11.8 Å². The van der Waals surface area contributed by atoms with E-state index in [9.17, 15) is 14.4 Å². The lowest BCUT2D eigenvalue weighted by Gasteiger charge is -2.38. The van der Waals surface area contributed by atoms with Crippen LogP contribution in [0.5, 0.6) is 0 Å². The van der Waals surface area contributed by atoms with Gasteiger partial charge in [0.25, 0.3) is 0 Å². The molecule has 7 rings (SSSR count). The lowest BCUT2D eigenvalue weighted by atomic mass is 9.88. The molecule has 9 nitrogen and oxygen atoms in total. The Kier molecular flexibility index (Phi) is 8.27. The van der Waals surface area contributed by atoms with Crippen LogP contribution < -0.4 is 5.32 Å². The first-order valence-electron chi connectivity index (χ1n) is 16.3. The Bertz CT molecular complexity index is 1550. The molecule has 4 heterocycles. The van der Waals surface area contributed by atoms with Crippen LogP contribution in [0.25, 0.3) is 10.9 Å². The Balaban J connectivity index is 0.00000208. The fourth-order valence-corrected chi connectivity index (χ4v) is 9.11. The highest BCUT2D eigenvalue weighted by Crippen LogP contribution is 2.46. The summed E-state index contributed by atoms with van der Waals surface area (Å²) >= 11 is 1.64. The zero-order chi connectivity index (χ0) is 30.2. The molecule has 2 atom stereocenters. The van der Waals surface area contributed by atoms with E-state index in [-0.39, 0.29) is 43.8 Å². The monoisotopic (exact) mass is 618 g/mol. The standard InChI is InChI=1S/C34H42N6O3S.2H2/c1-22-17-25(18-26-20-35-37-31(22)26)33-40(21-23-7-3-2-4-8-23)32(42)29(44-33)19-30(41)38-14-12-27(13-15-38)39-16-11-24-9-5-6-10-28(24)36-34(39)43;;/h5-6,9-10,17-18,20,23,27,29,33H,2-4,7-8,11-16,19,21H2,1H3,(H,35,37)(H,36,43);2*1H. The van der Waals surface area contributed by atoms with Crippen molar-refractivity contribution in [2.45, 2.75) is 81.4 Å². The first-order valence-corrected chi connectivity index (χ1v) is 17.2. The largest absolute Gasteiger partial charge is 0.342 e. The minimum atomic E-state index is -0.385. The highest BCUT2D eigenvalue weighted by atomic mass is 32.2. The number of amides is 4. The average Bonchev–Trinajstić information content (AvgIpc) is 3.59. The summed E-state index contributed by atoms with van der Waals surface area (Å²) in [5, 5.41) is 11.0. The van der Waals surface area contributed by atoms with Gasteiger partial charge in [-0.25, -0.2) is 4.79 Å². The third-order valence-electron chi connectivity index (χ3n) is 10.1. The lowest BCUT2D eigenvalue weighted by Crippen LogP contribution is -2.50. The summed E-state index contributed by atoms with van der Waals surface area (Å²) in [6.07, 6.45) is 10.5. The summed E-state index contributed by atoms with van der Waals surface area (Å²) < 4.78 is 0. The molecular weight excluding hydrogens is 572 g/mol. The van der Waals surface area contributed by atoms with Gasteiger partial charge in [-0.05, 0) is 73.8 Å². The Morgan fingerprint density at radius 2 is 1.84 bits per heavy atom. The van der Waals surface area contributed by atoms with Gasteiger partial charge in [-0.2, -0.15) is 5.10 Å². The fourth-order valence-electron chi connectivity index (χ4n) is 7.67. The van der Waals surface area contributed by atoms with E-state index in [4.69, 9.17) is 0 Å². The highest BCUT2D eigenvalue weighted by molar-refractivity contribution is 8.01. The number of nitrogens with one attached hydrogen (secondary N) is 2. The third-order valence-corrected chi connectivity index (χ3v) is 11.6. The van der Waals surface area contributed by atoms with Gasteiger partial charge in [-0.15, -0.1) is 11.8 Å². The van der Waals surface area contributed by atoms with E-state index in [2.05, 4.69) is 45.5 Å². The van der Waals surface area contributed by atoms with Crippen molar-refractivity contribution in [3.63, 3.8) is 0 Å².